The number of rotatable bonds is 3. The van der Waals surface area contributed by atoms with Crippen LogP contribution in [0.25, 0.3) is 0 Å². The van der Waals surface area contributed by atoms with Gasteiger partial charge in [-0.1, -0.05) is 6.07 Å². The lowest BCUT2D eigenvalue weighted by atomic mass is 10.2. The van der Waals surface area contributed by atoms with Gasteiger partial charge in [0.2, 0.25) is 6.08 Å². The normalized spacial score (nSPS) is 9.50. The summed E-state index contributed by atoms with van der Waals surface area (Å²) in [6, 6.07) is 9.14. The van der Waals surface area contributed by atoms with Crippen molar-refractivity contribution in [3.63, 3.8) is 0 Å². The molecule has 0 fully saturated rings. The number of aliphatic imine (C=N–C) groups is 1. The third-order valence-corrected chi connectivity index (χ3v) is 2.11. The molecule has 0 saturated heterocycles. The molecule has 0 aliphatic heterocycles. The Balaban J connectivity index is 2.31. The zero-order chi connectivity index (χ0) is 11.2. The number of nitrogens with zero attached hydrogens (tertiary/aromatic N) is 3. The molecule has 0 radical (unpaired) electrons. The fourth-order valence-electron chi connectivity index (χ4n) is 1.39. The Morgan fingerprint density at radius 3 is 2.75 bits per heavy atom. The summed E-state index contributed by atoms with van der Waals surface area (Å²) >= 11 is 0. The van der Waals surface area contributed by atoms with Crippen LogP contribution in [0.3, 0.4) is 0 Å². The van der Waals surface area contributed by atoms with Crippen LogP contribution in [0.4, 0.5) is 5.69 Å². The van der Waals surface area contributed by atoms with Gasteiger partial charge in [-0.25, -0.2) is 4.79 Å². The van der Waals surface area contributed by atoms with Gasteiger partial charge >= 0.3 is 0 Å². The second-order valence-electron chi connectivity index (χ2n) is 3.17. The highest BCUT2D eigenvalue weighted by molar-refractivity contribution is 5.51. The van der Waals surface area contributed by atoms with Gasteiger partial charge in [0.1, 0.15) is 0 Å². The summed E-state index contributed by atoms with van der Waals surface area (Å²) in [4.78, 5) is 22.2. The predicted molar refractivity (Wildman–Crippen MR) is 59.1 cm³/mol. The fraction of sp³-hybridized carbons (Fsp3) is 0.0833. The summed E-state index contributed by atoms with van der Waals surface area (Å²) in [6.45, 7) is 0. The van der Waals surface area contributed by atoms with E-state index in [0.29, 0.717) is 12.1 Å². The Labute approximate surface area is 92.7 Å². The third-order valence-electron chi connectivity index (χ3n) is 2.11. The number of hydrogen-bond acceptors (Lipinski definition) is 4. The van der Waals surface area contributed by atoms with Gasteiger partial charge in [-0.05, 0) is 24.3 Å². The summed E-state index contributed by atoms with van der Waals surface area (Å²) in [5.41, 5.74) is 2.16. The van der Waals surface area contributed by atoms with Crippen molar-refractivity contribution >= 4 is 11.8 Å². The molecule has 0 bridgehead atoms. The van der Waals surface area contributed by atoms with E-state index in [9.17, 15) is 4.79 Å². The van der Waals surface area contributed by atoms with Crippen molar-refractivity contribution < 1.29 is 4.79 Å². The van der Waals surface area contributed by atoms with E-state index >= 15 is 0 Å². The molecule has 0 amide bonds. The number of hydrogen-bond donors (Lipinski definition) is 0. The second kappa shape index (κ2) is 4.96. The van der Waals surface area contributed by atoms with Gasteiger partial charge in [-0.15, -0.1) is 0 Å². The van der Waals surface area contributed by atoms with Gasteiger partial charge < -0.3 is 0 Å². The van der Waals surface area contributed by atoms with Gasteiger partial charge in [0.25, 0.3) is 0 Å². The number of pyridine rings is 2. The standard InChI is InChI=1S/C12H9N3O/c16-9-15-11-5-3-7-14-12(11)8-10-4-1-2-6-13-10/h1-7H,8H2. The Hall–Kier alpha value is -2.32. The van der Waals surface area contributed by atoms with Crippen LogP contribution < -0.4 is 0 Å². The zero-order valence-electron chi connectivity index (χ0n) is 8.50. The maximum absolute atomic E-state index is 10.2. The van der Waals surface area contributed by atoms with Crippen molar-refractivity contribution in [2.75, 3.05) is 0 Å². The molecule has 0 saturated carbocycles. The minimum absolute atomic E-state index is 0.545. The summed E-state index contributed by atoms with van der Waals surface area (Å²) in [7, 11) is 0. The van der Waals surface area contributed by atoms with Gasteiger partial charge in [-0.3, -0.25) is 9.97 Å². The molecule has 0 N–H and O–H groups in total. The van der Waals surface area contributed by atoms with Crippen LogP contribution in [-0.2, 0) is 11.2 Å². The van der Waals surface area contributed by atoms with Crippen molar-refractivity contribution in [3.8, 4) is 0 Å². The molecule has 0 aromatic carbocycles. The first kappa shape index (κ1) is 10.2. The maximum atomic E-state index is 10.2. The maximum Gasteiger partial charge on any atom is 0.240 e. The van der Waals surface area contributed by atoms with E-state index in [1.165, 1.54) is 6.08 Å². The second-order valence-corrected chi connectivity index (χ2v) is 3.17. The smallest absolute Gasteiger partial charge is 0.240 e. The molecule has 16 heavy (non-hydrogen) atoms. The fourth-order valence-corrected chi connectivity index (χ4v) is 1.39. The van der Waals surface area contributed by atoms with Crippen LogP contribution in [0.15, 0.2) is 47.7 Å². The monoisotopic (exact) mass is 211 g/mol. The van der Waals surface area contributed by atoms with Crippen molar-refractivity contribution in [2.24, 2.45) is 4.99 Å². The third kappa shape index (κ3) is 2.38. The van der Waals surface area contributed by atoms with Gasteiger partial charge in [0, 0.05) is 24.5 Å². The van der Waals surface area contributed by atoms with Crippen molar-refractivity contribution in [3.05, 3.63) is 54.1 Å². The van der Waals surface area contributed by atoms with E-state index in [0.717, 1.165) is 11.4 Å². The first-order valence-corrected chi connectivity index (χ1v) is 4.82. The van der Waals surface area contributed by atoms with Crippen molar-refractivity contribution in [2.45, 2.75) is 6.42 Å². The molecule has 0 aliphatic carbocycles. The first-order valence-electron chi connectivity index (χ1n) is 4.82. The molecular weight excluding hydrogens is 202 g/mol. The molecule has 2 heterocycles. The molecule has 4 nitrogen and oxygen atoms in total. The molecular formula is C12H9N3O. The van der Waals surface area contributed by atoms with E-state index in [1.807, 2.05) is 18.2 Å². The Morgan fingerprint density at radius 1 is 1.12 bits per heavy atom. The SMILES string of the molecule is O=C=Nc1cccnc1Cc1ccccn1. The molecule has 0 spiro atoms. The van der Waals surface area contributed by atoms with Crippen LogP contribution in [0.2, 0.25) is 0 Å². The van der Waals surface area contributed by atoms with E-state index in [4.69, 9.17) is 0 Å². The number of aromatic nitrogens is 2. The lowest BCUT2D eigenvalue weighted by molar-refractivity contribution is 0.565. The summed E-state index contributed by atoms with van der Waals surface area (Å²) in [5, 5.41) is 0. The Kier molecular flexibility index (Phi) is 3.16. The Morgan fingerprint density at radius 2 is 2.00 bits per heavy atom. The summed E-state index contributed by atoms with van der Waals surface area (Å²) in [5.74, 6) is 0. The van der Waals surface area contributed by atoms with Crippen LogP contribution in [0.1, 0.15) is 11.4 Å². The molecule has 0 aliphatic rings. The number of carbonyl (C=O) groups excluding carboxylic acids is 1. The first-order chi connectivity index (χ1) is 7.90. The van der Waals surface area contributed by atoms with E-state index in [-0.39, 0.29) is 0 Å². The van der Waals surface area contributed by atoms with Crippen LogP contribution in [0, 0.1) is 0 Å². The van der Waals surface area contributed by atoms with E-state index in [1.54, 1.807) is 24.5 Å². The lowest BCUT2D eigenvalue weighted by Crippen LogP contribution is -1.94. The molecule has 78 valence electrons. The van der Waals surface area contributed by atoms with Crippen molar-refractivity contribution in [1.82, 2.24) is 9.97 Å². The van der Waals surface area contributed by atoms with Gasteiger partial charge in [0.05, 0.1) is 11.4 Å². The molecule has 2 aromatic rings. The van der Waals surface area contributed by atoms with Crippen molar-refractivity contribution in [1.29, 1.82) is 0 Å². The average Bonchev–Trinajstić information content (AvgIpc) is 2.33. The molecule has 0 atom stereocenters. The molecule has 0 unspecified atom stereocenters. The van der Waals surface area contributed by atoms with E-state index < -0.39 is 0 Å². The summed E-state index contributed by atoms with van der Waals surface area (Å²) in [6.07, 6.45) is 5.47. The van der Waals surface area contributed by atoms with E-state index in [2.05, 4.69) is 15.0 Å². The average molecular weight is 211 g/mol. The largest absolute Gasteiger partial charge is 0.261 e. The minimum Gasteiger partial charge on any atom is -0.261 e. The van der Waals surface area contributed by atoms with Gasteiger partial charge in [0.15, 0.2) is 0 Å². The van der Waals surface area contributed by atoms with Gasteiger partial charge in [-0.2, -0.15) is 4.99 Å². The molecule has 4 heteroatoms. The summed E-state index contributed by atoms with van der Waals surface area (Å²) < 4.78 is 0. The Bertz CT molecular complexity index is 519. The molecule has 2 rings (SSSR count). The predicted octanol–water partition coefficient (Wildman–Crippen LogP) is 2.03. The highest BCUT2D eigenvalue weighted by Crippen LogP contribution is 2.17. The molecule has 2 aromatic heterocycles. The van der Waals surface area contributed by atoms with Crippen LogP contribution >= 0.6 is 0 Å². The topological polar surface area (TPSA) is 55.2 Å². The number of isocyanates is 1. The van der Waals surface area contributed by atoms with Crippen LogP contribution in [-0.4, -0.2) is 16.0 Å². The quantitative estimate of drug-likeness (QED) is 0.576. The minimum atomic E-state index is 0.545. The highest BCUT2D eigenvalue weighted by atomic mass is 16.1. The lowest BCUT2D eigenvalue weighted by Gasteiger charge is -2.02. The zero-order valence-corrected chi connectivity index (χ0v) is 8.50. The highest BCUT2D eigenvalue weighted by Gasteiger charge is 2.03. The van der Waals surface area contributed by atoms with Crippen LogP contribution in [0.5, 0.6) is 0 Å².